The Morgan fingerprint density at radius 2 is 1.34 bits per heavy atom. The molecular formula is C28H35BrO6. The first-order valence-electron chi connectivity index (χ1n) is 12.2. The molecule has 2 fully saturated rings. The molecule has 0 amide bonds. The van der Waals surface area contributed by atoms with Gasteiger partial charge in [0.05, 0.1) is 20.6 Å². The van der Waals surface area contributed by atoms with Gasteiger partial charge in [0.25, 0.3) is 0 Å². The molecule has 0 spiro atoms. The number of alkyl halides is 1. The minimum atomic E-state index is -0.387. The van der Waals surface area contributed by atoms with E-state index in [1.807, 2.05) is 36.4 Å². The molecule has 0 N–H and O–H groups in total. The van der Waals surface area contributed by atoms with Gasteiger partial charge in [-0.3, -0.25) is 9.59 Å². The largest absolute Gasteiger partial charge is 0.469 e. The van der Waals surface area contributed by atoms with Gasteiger partial charge in [0.1, 0.15) is 4.83 Å². The van der Waals surface area contributed by atoms with Crippen LogP contribution in [0, 0.1) is 0 Å². The maximum Gasteiger partial charge on any atom is 0.324 e. The average molecular weight is 547 g/mol. The highest BCUT2D eigenvalue weighted by atomic mass is 79.9. The molecule has 2 saturated heterocycles. The molecule has 190 valence electrons. The van der Waals surface area contributed by atoms with Crippen LogP contribution < -0.4 is 0 Å². The molecule has 0 bridgehead atoms. The lowest BCUT2D eigenvalue weighted by atomic mass is 9.87. The topological polar surface area (TPSA) is 71.1 Å². The molecule has 6 nitrogen and oxygen atoms in total. The lowest BCUT2D eigenvalue weighted by Crippen LogP contribution is -2.17. The molecule has 0 radical (unpaired) electrons. The van der Waals surface area contributed by atoms with Gasteiger partial charge >= 0.3 is 11.9 Å². The highest BCUT2D eigenvalue weighted by Crippen LogP contribution is 2.35. The van der Waals surface area contributed by atoms with Gasteiger partial charge in [0, 0.05) is 26.4 Å². The van der Waals surface area contributed by atoms with Gasteiger partial charge < -0.3 is 18.9 Å². The molecule has 7 heteroatoms. The molecule has 2 aliphatic rings. The Bertz CT molecular complexity index is 950. The monoisotopic (exact) mass is 546 g/mol. The molecule has 35 heavy (non-hydrogen) atoms. The van der Waals surface area contributed by atoms with Crippen LogP contribution in [0.4, 0.5) is 0 Å². The number of hydrogen-bond acceptors (Lipinski definition) is 6. The van der Waals surface area contributed by atoms with Gasteiger partial charge in [-0.05, 0) is 59.8 Å². The van der Waals surface area contributed by atoms with E-state index < -0.39 is 0 Å². The van der Waals surface area contributed by atoms with E-state index in [2.05, 4.69) is 28.1 Å². The Morgan fingerprint density at radius 1 is 0.829 bits per heavy atom. The number of ether oxygens (including phenoxy) is 4. The van der Waals surface area contributed by atoms with Gasteiger partial charge in [-0.2, -0.15) is 0 Å². The van der Waals surface area contributed by atoms with Crippen molar-refractivity contribution in [3.8, 4) is 0 Å². The van der Waals surface area contributed by atoms with Gasteiger partial charge in [0.2, 0.25) is 0 Å². The summed E-state index contributed by atoms with van der Waals surface area (Å²) in [6.45, 7) is 3.23. The molecule has 1 unspecified atom stereocenters. The summed E-state index contributed by atoms with van der Waals surface area (Å²) >= 11 is 3.42. The van der Waals surface area contributed by atoms with E-state index in [-0.39, 0.29) is 16.8 Å². The van der Waals surface area contributed by atoms with Crippen molar-refractivity contribution in [1.82, 2.24) is 0 Å². The van der Waals surface area contributed by atoms with Crippen molar-refractivity contribution < 1.29 is 28.5 Å². The van der Waals surface area contributed by atoms with Crippen LogP contribution in [0.5, 0.6) is 0 Å². The Labute approximate surface area is 216 Å². The average Bonchev–Trinajstić information content (AvgIpc) is 2.93. The minimum absolute atomic E-state index is 0.176. The molecule has 0 aliphatic carbocycles. The zero-order chi connectivity index (χ0) is 25.0. The van der Waals surface area contributed by atoms with Crippen molar-refractivity contribution in [2.45, 2.75) is 48.8 Å². The second-order valence-corrected chi connectivity index (χ2v) is 9.66. The first kappa shape index (κ1) is 27.4. The lowest BCUT2D eigenvalue weighted by molar-refractivity contribution is -0.140. The number of rotatable bonds is 6. The Morgan fingerprint density at radius 3 is 1.91 bits per heavy atom. The first-order valence-corrected chi connectivity index (χ1v) is 13.1. The number of carbonyl (C=O) groups is 2. The van der Waals surface area contributed by atoms with Crippen molar-refractivity contribution >= 4 is 27.9 Å². The highest BCUT2D eigenvalue weighted by molar-refractivity contribution is 9.09. The molecule has 0 saturated carbocycles. The molecule has 4 rings (SSSR count). The first-order chi connectivity index (χ1) is 17.0. The summed E-state index contributed by atoms with van der Waals surface area (Å²) in [5.74, 6) is 0.559. The van der Waals surface area contributed by atoms with E-state index in [9.17, 15) is 9.59 Å². The highest BCUT2D eigenvalue weighted by Gasteiger charge is 2.25. The third-order valence-corrected chi connectivity index (χ3v) is 7.48. The maximum absolute atomic E-state index is 11.7. The van der Waals surface area contributed by atoms with Crippen molar-refractivity contribution in [3.05, 3.63) is 70.8 Å². The summed E-state index contributed by atoms with van der Waals surface area (Å²) in [5, 5.41) is 0. The number of benzene rings is 2. The van der Waals surface area contributed by atoms with Crippen LogP contribution in [-0.4, -0.2) is 52.6 Å². The van der Waals surface area contributed by atoms with E-state index in [4.69, 9.17) is 18.9 Å². The van der Waals surface area contributed by atoms with E-state index in [1.54, 1.807) is 0 Å². The molecule has 2 aromatic rings. The van der Waals surface area contributed by atoms with Gasteiger partial charge in [-0.1, -0.05) is 64.5 Å². The molecule has 1 atom stereocenters. The van der Waals surface area contributed by atoms with Crippen LogP contribution in [0.3, 0.4) is 0 Å². The normalized spacial score (nSPS) is 17.6. The summed E-state index contributed by atoms with van der Waals surface area (Å²) in [6.07, 6.45) is 4.47. The fraction of sp³-hybridized carbons (Fsp3) is 0.500. The second-order valence-electron chi connectivity index (χ2n) is 8.74. The third kappa shape index (κ3) is 7.89. The number of halogens is 1. The zero-order valence-electron chi connectivity index (χ0n) is 20.5. The number of hydrogen-bond donors (Lipinski definition) is 0. The van der Waals surface area contributed by atoms with Gasteiger partial charge in [-0.25, -0.2) is 0 Å². The molecule has 2 aromatic carbocycles. The smallest absolute Gasteiger partial charge is 0.324 e. The van der Waals surface area contributed by atoms with Crippen LogP contribution >= 0.6 is 15.9 Å². The summed E-state index contributed by atoms with van der Waals surface area (Å²) in [4.78, 5) is 22.6. The molecule has 2 heterocycles. The predicted molar refractivity (Wildman–Crippen MR) is 138 cm³/mol. The lowest BCUT2D eigenvalue weighted by Gasteiger charge is -2.25. The predicted octanol–water partition coefficient (Wildman–Crippen LogP) is 5.49. The van der Waals surface area contributed by atoms with Crippen molar-refractivity contribution in [1.29, 1.82) is 0 Å². The van der Waals surface area contributed by atoms with Crippen molar-refractivity contribution in [2.24, 2.45) is 0 Å². The summed E-state index contributed by atoms with van der Waals surface area (Å²) in [5.41, 5.74) is 4.61. The zero-order valence-corrected chi connectivity index (χ0v) is 22.1. The Hall–Kier alpha value is -2.22. The van der Waals surface area contributed by atoms with Crippen LogP contribution in [0.2, 0.25) is 0 Å². The van der Waals surface area contributed by atoms with Crippen LogP contribution in [0.1, 0.15) is 64.6 Å². The van der Waals surface area contributed by atoms with E-state index in [0.29, 0.717) is 18.3 Å². The maximum atomic E-state index is 11.7. The van der Waals surface area contributed by atoms with Gasteiger partial charge in [0.15, 0.2) is 0 Å². The Kier molecular flexibility index (Phi) is 11.2. The number of methoxy groups -OCH3 is 2. The molecule has 2 aliphatic heterocycles. The van der Waals surface area contributed by atoms with Crippen LogP contribution in [-0.2, 0) is 35.0 Å². The number of carbonyl (C=O) groups excluding carboxylic acids is 2. The van der Waals surface area contributed by atoms with E-state index >= 15 is 0 Å². The fourth-order valence-corrected chi connectivity index (χ4v) is 5.29. The van der Waals surface area contributed by atoms with E-state index in [0.717, 1.165) is 63.2 Å². The van der Waals surface area contributed by atoms with Gasteiger partial charge in [-0.15, -0.1) is 0 Å². The quantitative estimate of drug-likeness (QED) is 0.352. The number of esters is 2. The summed E-state index contributed by atoms with van der Waals surface area (Å²) in [6, 6.07) is 16.2. The summed E-state index contributed by atoms with van der Waals surface area (Å²) < 4.78 is 20.3. The summed E-state index contributed by atoms with van der Waals surface area (Å²) in [7, 11) is 2.84. The van der Waals surface area contributed by atoms with Crippen molar-refractivity contribution in [3.63, 3.8) is 0 Å². The SMILES string of the molecule is COC(=O)C(Br)c1ccccc1C1CCOCC1.COC(=O)Cc1ccccc1C1CCOCC1. The molecular weight excluding hydrogens is 512 g/mol. The van der Waals surface area contributed by atoms with Crippen molar-refractivity contribution in [2.75, 3.05) is 40.6 Å². The standard InChI is InChI=1S/C14H17BrO3.C14H18O3/c1-17-14(16)13(15)12-5-3-2-4-11(12)10-6-8-18-9-7-10;1-16-14(15)10-12-4-2-3-5-13(12)11-6-8-17-9-7-11/h2-5,10,13H,6-9H2,1H3;2-5,11H,6-10H2,1H3. The fourth-order valence-electron chi connectivity index (χ4n) is 4.68. The Balaban J connectivity index is 0.000000196. The molecule has 0 aromatic heterocycles. The second kappa shape index (κ2) is 14.4. The third-order valence-electron chi connectivity index (χ3n) is 6.62. The van der Waals surface area contributed by atoms with Crippen LogP contribution in [0.25, 0.3) is 0 Å². The van der Waals surface area contributed by atoms with E-state index in [1.165, 1.54) is 25.3 Å². The van der Waals surface area contributed by atoms with Crippen LogP contribution in [0.15, 0.2) is 48.5 Å². The minimum Gasteiger partial charge on any atom is -0.469 e.